The van der Waals surface area contributed by atoms with Crippen LogP contribution in [-0.2, 0) is 21.8 Å². The van der Waals surface area contributed by atoms with E-state index in [0.717, 1.165) is 17.9 Å². The molecule has 2 aromatic rings. The molecule has 3 atom stereocenters. The number of rotatable bonds is 6. The van der Waals surface area contributed by atoms with Gasteiger partial charge in [-0.05, 0) is 24.8 Å². The van der Waals surface area contributed by atoms with Crippen molar-refractivity contribution in [3.05, 3.63) is 42.4 Å². The fraction of sp³-hybridized carbons (Fsp3) is 0.550. The number of imidazole rings is 1. The van der Waals surface area contributed by atoms with Crippen LogP contribution in [0.5, 0.6) is 5.75 Å². The van der Waals surface area contributed by atoms with Crippen molar-refractivity contribution in [3.8, 4) is 5.75 Å². The molecule has 2 aliphatic heterocycles. The Kier molecular flexibility index (Phi) is 4.45. The van der Waals surface area contributed by atoms with Gasteiger partial charge in [0.1, 0.15) is 5.75 Å². The molecule has 1 saturated heterocycles. The summed E-state index contributed by atoms with van der Waals surface area (Å²) in [5.74, 6) is 1.64. The van der Waals surface area contributed by atoms with Crippen molar-refractivity contribution >= 4 is 10.0 Å². The molecule has 0 amide bonds. The quantitative estimate of drug-likeness (QED) is 0.739. The van der Waals surface area contributed by atoms with Crippen molar-refractivity contribution in [1.82, 2.24) is 13.9 Å². The Bertz CT molecular complexity index is 969. The van der Waals surface area contributed by atoms with E-state index in [2.05, 4.69) is 4.98 Å². The third-order valence-electron chi connectivity index (χ3n) is 6.04. The second-order valence-electron chi connectivity index (χ2n) is 8.15. The van der Waals surface area contributed by atoms with Crippen molar-refractivity contribution in [1.29, 1.82) is 0 Å². The number of hydrogen-bond acceptors (Lipinski definition) is 5. The van der Waals surface area contributed by atoms with Gasteiger partial charge in [-0.3, -0.25) is 0 Å². The number of benzene rings is 1. The predicted molar refractivity (Wildman–Crippen MR) is 102 cm³/mol. The highest BCUT2D eigenvalue weighted by Crippen LogP contribution is 2.49. The van der Waals surface area contributed by atoms with Gasteiger partial charge in [0, 0.05) is 43.8 Å². The predicted octanol–water partition coefficient (Wildman–Crippen LogP) is 2.22. The number of nitrogens with zero attached hydrogens (tertiary/aromatic N) is 3. The lowest BCUT2D eigenvalue weighted by molar-refractivity contribution is 0.0645. The molecule has 1 aromatic heterocycles. The van der Waals surface area contributed by atoms with Crippen LogP contribution in [0.3, 0.4) is 0 Å². The van der Waals surface area contributed by atoms with Crippen LogP contribution >= 0.6 is 0 Å². The van der Waals surface area contributed by atoms with Crippen LogP contribution in [0.2, 0.25) is 0 Å². The largest absolute Gasteiger partial charge is 0.493 e. The number of hydrogen-bond donors (Lipinski definition) is 0. The molecule has 3 heterocycles. The molecule has 0 N–H and O–H groups in total. The van der Waals surface area contributed by atoms with E-state index in [4.69, 9.17) is 9.47 Å². The highest BCUT2D eigenvalue weighted by atomic mass is 32.2. The Morgan fingerprint density at radius 3 is 2.82 bits per heavy atom. The zero-order chi connectivity index (χ0) is 19.3. The summed E-state index contributed by atoms with van der Waals surface area (Å²) in [6, 6.07) is 7.50. The average Bonchev–Trinajstić information content (AvgIpc) is 3.27. The van der Waals surface area contributed by atoms with E-state index in [1.165, 1.54) is 19.2 Å². The van der Waals surface area contributed by atoms with Crippen LogP contribution in [0.1, 0.15) is 24.4 Å². The lowest BCUT2D eigenvalue weighted by atomic mass is 9.86. The van der Waals surface area contributed by atoms with Crippen molar-refractivity contribution in [2.24, 2.45) is 24.8 Å². The van der Waals surface area contributed by atoms with Gasteiger partial charge in [0.25, 0.3) is 10.0 Å². The molecule has 1 aromatic carbocycles. The van der Waals surface area contributed by atoms with Crippen LogP contribution in [0, 0.1) is 17.8 Å². The lowest BCUT2D eigenvalue weighted by Crippen LogP contribution is -2.35. The van der Waals surface area contributed by atoms with Crippen LogP contribution in [-0.4, -0.2) is 48.6 Å². The SMILES string of the molecule is Cn1cnc(S(=O)(=O)N2C[C@@H](COCC3CC3)[C@@H]3COc4ccccc4[C@@H]32)c1. The van der Waals surface area contributed by atoms with Crippen molar-refractivity contribution in [2.75, 3.05) is 26.4 Å². The molecule has 0 bridgehead atoms. The Morgan fingerprint density at radius 2 is 2.07 bits per heavy atom. The summed E-state index contributed by atoms with van der Waals surface area (Å²) in [5.41, 5.74) is 0.933. The average molecular weight is 404 g/mol. The summed E-state index contributed by atoms with van der Waals surface area (Å²) in [4.78, 5) is 4.12. The van der Waals surface area contributed by atoms with E-state index in [9.17, 15) is 8.42 Å². The van der Waals surface area contributed by atoms with Gasteiger partial charge in [0.05, 0.1) is 25.6 Å². The smallest absolute Gasteiger partial charge is 0.262 e. The van der Waals surface area contributed by atoms with Gasteiger partial charge in [0.2, 0.25) is 0 Å². The first-order chi connectivity index (χ1) is 13.5. The summed E-state index contributed by atoms with van der Waals surface area (Å²) >= 11 is 0. The molecule has 1 aliphatic carbocycles. The van der Waals surface area contributed by atoms with Gasteiger partial charge in [-0.15, -0.1) is 0 Å². The first kappa shape index (κ1) is 18.1. The molecule has 28 heavy (non-hydrogen) atoms. The van der Waals surface area contributed by atoms with Gasteiger partial charge in [-0.25, -0.2) is 13.4 Å². The molecule has 0 unspecified atom stereocenters. The highest BCUT2D eigenvalue weighted by Gasteiger charge is 2.51. The molecule has 3 aliphatic rings. The van der Waals surface area contributed by atoms with Gasteiger partial charge >= 0.3 is 0 Å². The third-order valence-corrected chi connectivity index (χ3v) is 7.77. The number of aromatic nitrogens is 2. The molecular weight excluding hydrogens is 378 g/mol. The fourth-order valence-electron chi connectivity index (χ4n) is 4.34. The minimum atomic E-state index is -3.70. The maximum atomic E-state index is 13.4. The lowest BCUT2D eigenvalue weighted by Gasteiger charge is -2.33. The van der Waals surface area contributed by atoms with Crippen molar-refractivity contribution in [2.45, 2.75) is 23.9 Å². The molecule has 2 fully saturated rings. The molecule has 8 heteroatoms. The Hall–Kier alpha value is -1.90. The molecule has 7 nitrogen and oxygen atoms in total. The third kappa shape index (κ3) is 3.13. The first-order valence-corrected chi connectivity index (χ1v) is 11.3. The summed E-state index contributed by atoms with van der Waals surface area (Å²) in [6.45, 7) is 2.28. The van der Waals surface area contributed by atoms with E-state index >= 15 is 0 Å². The minimum Gasteiger partial charge on any atom is -0.493 e. The highest BCUT2D eigenvalue weighted by molar-refractivity contribution is 7.89. The van der Waals surface area contributed by atoms with Crippen LogP contribution in [0.15, 0.2) is 41.8 Å². The zero-order valence-corrected chi connectivity index (χ0v) is 16.7. The minimum absolute atomic E-state index is 0.0765. The Balaban J connectivity index is 1.48. The van der Waals surface area contributed by atoms with E-state index < -0.39 is 10.0 Å². The molecule has 0 radical (unpaired) electrons. The van der Waals surface area contributed by atoms with Gasteiger partial charge in [-0.2, -0.15) is 4.31 Å². The second kappa shape index (κ2) is 6.86. The van der Waals surface area contributed by atoms with E-state index in [1.54, 1.807) is 22.1 Å². The monoisotopic (exact) mass is 403 g/mol. The summed E-state index contributed by atoms with van der Waals surface area (Å²) in [7, 11) is -1.93. The first-order valence-electron chi connectivity index (χ1n) is 9.83. The normalized spacial score (nSPS) is 27.2. The van der Waals surface area contributed by atoms with Gasteiger partial charge < -0.3 is 14.0 Å². The van der Waals surface area contributed by atoms with Crippen LogP contribution in [0.25, 0.3) is 0 Å². The number of aryl methyl sites for hydroxylation is 1. The number of ether oxygens (including phenoxy) is 2. The van der Waals surface area contributed by atoms with E-state index in [0.29, 0.717) is 25.7 Å². The maximum Gasteiger partial charge on any atom is 0.262 e. The number of sulfonamides is 1. The Morgan fingerprint density at radius 1 is 1.25 bits per heavy atom. The zero-order valence-electron chi connectivity index (χ0n) is 15.9. The van der Waals surface area contributed by atoms with E-state index in [1.807, 2.05) is 24.3 Å². The number of para-hydroxylation sites is 1. The molecule has 150 valence electrons. The summed E-state index contributed by atoms with van der Waals surface area (Å²) in [5, 5.41) is 0.0947. The standard InChI is InChI=1S/C20H25N3O4S/c1-22-9-19(21-13-22)28(24,25)23-8-15(11-26-10-14-6-7-14)17-12-27-18-5-3-2-4-16(18)20(17)23/h2-5,9,13-15,17,20H,6-8,10-12H2,1H3/t15-,17-,20-/m0/s1. The topological polar surface area (TPSA) is 73.7 Å². The van der Waals surface area contributed by atoms with Gasteiger partial charge in [0.15, 0.2) is 5.03 Å². The fourth-order valence-corrected chi connectivity index (χ4v) is 6.02. The van der Waals surface area contributed by atoms with Crippen LogP contribution < -0.4 is 4.74 Å². The van der Waals surface area contributed by atoms with Crippen molar-refractivity contribution in [3.63, 3.8) is 0 Å². The number of fused-ring (bicyclic) bond motifs is 3. The maximum absolute atomic E-state index is 13.4. The van der Waals surface area contributed by atoms with Crippen LogP contribution in [0.4, 0.5) is 0 Å². The molecule has 5 rings (SSSR count). The second-order valence-corrected chi connectivity index (χ2v) is 9.99. The molecule has 1 saturated carbocycles. The van der Waals surface area contributed by atoms with Crippen molar-refractivity contribution < 1.29 is 17.9 Å². The van der Waals surface area contributed by atoms with E-state index in [-0.39, 0.29) is 22.9 Å². The summed E-state index contributed by atoms with van der Waals surface area (Å²) in [6.07, 6.45) is 5.57. The Labute approximate surface area is 165 Å². The molecule has 0 spiro atoms. The molecular formula is C20H25N3O4S. The van der Waals surface area contributed by atoms with Gasteiger partial charge in [-0.1, -0.05) is 18.2 Å². The summed E-state index contributed by atoms with van der Waals surface area (Å²) < 4.78 is 42.0.